The van der Waals surface area contributed by atoms with Gasteiger partial charge in [0, 0.05) is 25.2 Å². The van der Waals surface area contributed by atoms with Gasteiger partial charge in [0.25, 0.3) is 0 Å². The molecule has 3 nitrogen and oxygen atoms in total. The van der Waals surface area contributed by atoms with Gasteiger partial charge >= 0.3 is 0 Å². The molecule has 0 radical (unpaired) electrons. The fourth-order valence-electron chi connectivity index (χ4n) is 2.76. The van der Waals surface area contributed by atoms with Crippen LogP contribution in [0.3, 0.4) is 0 Å². The van der Waals surface area contributed by atoms with Gasteiger partial charge in [-0.05, 0) is 39.7 Å². The Hall–Kier alpha value is -0.120. The van der Waals surface area contributed by atoms with Crippen molar-refractivity contribution in [1.29, 1.82) is 0 Å². The van der Waals surface area contributed by atoms with Gasteiger partial charge in [0.05, 0.1) is 6.10 Å². The number of rotatable bonds is 8. The first-order chi connectivity index (χ1) is 8.20. The maximum absolute atomic E-state index is 5.97. The van der Waals surface area contributed by atoms with Gasteiger partial charge in [-0.2, -0.15) is 0 Å². The zero-order valence-electron chi connectivity index (χ0n) is 11.8. The highest BCUT2D eigenvalue weighted by atomic mass is 16.5. The van der Waals surface area contributed by atoms with E-state index in [-0.39, 0.29) is 0 Å². The molecular formula is C14H30N2O. The van der Waals surface area contributed by atoms with Crippen molar-refractivity contribution in [1.82, 2.24) is 4.90 Å². The van der Waals surface area contributed by atoms with Crippen LogP contribution in [0.4, 0.5) is 0 Å². The molecule has 1 saturated heterocycles. The molecular weight excluding hydrogens is 212 g/mol. The number of hydrogen-bond acceptors (Lipinski definition) is 3. The van der Waals surface area contributed by atoms with Gasteiger partial charge < -0.3 is 10.5 Å². The molecule has 0 aromatic heterocycles. The molecule has 0 bridgehead atoms. The monoisotopic (exact) mass is 242 g/mol. The minimum Gasteiger partial charge on any atom is -0.377 e. The third-order valence-corrected chi connectivity index (χ3v) is 3.74. The van der Waals surface area contributed by atoms with Crippen LogP contribution in [0, 0.1) is 0 Å². The molecule has 1 rings (SSSR count). The molecule has 1 aliphatic heterocycles. The topological polar surface area (TPSA) is 38.5 Å². The molecule has 1 heterocycles. The van der Waals surface area contributed by atoms with Crippen LogP contribution in [0.15, 0.2) is 0 Å². The quantitative estimate of drug-likeness (QED) is 0.664. The number of ether oxygens (including phenoxy) is 1. The Morgan fingerprint density at radius 2 is 2.12 bits per heavy atom. The van der Waals surface area contributed by atoms with E-state index in [4.69, 9.17) is 10.5 Å². The van der Waals surface area contributed by atoms with Crippen molar-refractivity contribution in [3.05, 3.63) is 0 Å². The minimum absolute atomic E-state index is 0.365. The molecule has 0 spiro atoms. The molecule has 2 N–H and O–H groups in total. The van der Waals surface area contributed by atoms with Gasteiger partial charge in [0.1, 0.15) is 0 Å². The molecule has 17 heavy (non-hydrogen) atoms. The molecule has 2 atom stereocenters. The van der Waals surface area contributed by atoms with Gasteiger partial charge in [-0.15, -0.1) is 0 Å². The van der Waals surface area contributed by atoms with Crippen molar-refractivity contribution in [2.24, 2.45) is 5.73 Å². The van der Waals surface area contributed by atoms with Crippen LogP contribution < -0.4 is 5.73 Å². The van der Waals surface area contributed by atoms with Gasteiger partial charge in [0.15, 0.2) is 0 Å². The van der Waals surface area contributed by atoms with E-state index < -0.39 is 0 Å². The van der Waals surface area contributed by atoms with Crippen LogP contribution in [0.1, 0.15) is 52.9 Å². The van der Waals surface area contributed by atoms with E-state index in [1.165, 1.54) is 32.1 Å². The Bertz CT molecular complexity index is 191. The Kier molecular flexibility index (Phi) is 7.09. The second-order valence-electron chi connectivity index (χ2n) is 5.39. The Labute approximate surface area is 107 Å². The summed E-state index contributed by atoms with van der Waals surface area (Å²) >= 11 is 0. The van der Waals surface area contributed by atoms with E-state index in [9.17, 15) is 0 Å². The van der Waals surface area contributed by atoms with Crippen molar-refractivity contribution in [3.63, 3.8) is 0 Å². The summed E-state index contributed by atoms with van der Waals surface area (Å²) in [6.07, 6.45) is 6.60. The third kappa shape index (κ3) is 4.57. The largest absolute Gasteiger partial charge is 0.377 e. The van der Waals surface area contributed by atoms with E-state index in [1.807, 2.05) is 0 Å². The standard InChI is InChI=1S/C14H30N2O/c1-4-5-6-9-16(12(2)3)13(11-15)14-8-7-10-17-14/h12-14H,4-11,15H2,1-3H3. The zero-order valence-corrected chi connectivity index (χ0v) is 11.8. The number of nitrogens with two attached hydrogens (primary N) is 1. The molecule has 1 aliphatic rings. The highest BCUT2D eigenvalue weighted by Crippen LogP contribution is 2.21. The van der Waals surface area contributed by atoms with Crippen molar-refractivity contribution in [2.75, 3.05) is 19.7 Å². The first kappa shape index (κ1) is 14.9. The fraction of sp³-hybridized carbons (Fsp3) is 1.00. The van der Waals surface area contributed by atoms with Crippen LogP contribution in [-0.4, -0.2) is 42.8 Å². The van der Waals surface area contributed by atoms with E-state index in [0.717, 1.165) is 19.7 Å². The molecule has 0 aromatic carbocycles. The summed E-state index contributed by atoms with van der Waals surface area (Å²) in [5.41, 5.74) is 5.97. The highest BCUT2D eigenvalue weighted by molar-refractivity contribution is 4.85. The lowest BCUT2D eigenvalue weighted by molar-refractivity contribution is 0.0135. The van der Waals surface area contributed by atoms with Crippen molar-refractivity contribution in [3.8, 4) is 0 Å². The maximum atomic E-state index is 5.97. The average molecular weight is 242 g/mol. The van der Waals surface area contributed by atoms with Crippen molar-refractivity contribution >= 4 is 0 Å². The molecule has 0 amide bonds. The molecule has 1 fully saturated rings. The van der Waals surface area contributed by atoms with E-state index in [2.05, 4.69) is 25.7 Å². The number of unbranched alkanes of at least 4 members (excludes halogenated alkanes) is 2. The lowest BCUT2D eigenvalue weighted by atomic mass is 10.0. The lowest BCUT2D eigenvalue weighted by Gasteiger charge is -2.37. The van der Waals surface area contributed by atoms with Crippen LogP contribution in [0.2, 0.25) is 0 Å². The second kappa shape index (κ2) is 8.06. The molecule has 3 heteroatoms. The maximum Gasteiger partial charge on any atom is 0.0743 e. The van der Waals surface area contributed by atoms with E-state index in [1.54, 1.807) is 0 Å². The number of nitrogens with zero attached hydrogens (tertiary/aromatic N) is 1. The Morgan fingerprint density at radius 3 is 2.59 bits per heavy atom. The number of hydrogen-bond donors (Lipinski definition) is 1. The summed E-state index contributed by atoms with van der Waals surface area (Å²) in [7, 11) is 0. The predicted molar refractivity (Wildman–Crippen MR) is 73.2 cm³/mol. The third-order valence-electron chi connectivity index (χ3n) is 3.74. The first-order valence-corrected chi connectivity index (χ1v) is 7.28. The molecule has 2 unspecified atom stereocenters. The van der Waals surface area contributed by atoms with Gasteiger partial charge in [-0.3, -0.25) is 4.90 Å². The van der Waals surface area contributed by atoms with E-state index >= 15 is 0 Å². The van der Waals surface area contributed by atoms with Crippen LogP contribution in [0.25, 0.3) is 0 Å². The first-order valence-electron chi connectivity index (χ1n) is 7.28. The Balaban J connectivity index is 2.52. The smallest absolute Gasteiger partial charge is 0.0743 e. The highest BCUT2D eigenvalue weighted by Gasteiger charge is 2.30. The summed E-state index contributed by atoms with van der Waals surface area (Å²) in [5.74, 6) is 0. The molecule has 0 saturated carbocycles. The van der Waals surface area contributed by atoms with Crippen LogP contribution in [0.5, 0.6) is 0 Å². The SMILES string of the molecule is CCCCCN(C(C)C)C(CN)C1CCCO1. The fourth-order valence-corrected chi connectivity index (χ4v) is 2.76. The molecule has 0 aromatic rings. The van der Waals surface area contributed by atoms with Crippen molar-refractivity contribution in [2.45, 2.75) is 71.1 Å². The lowest BCUT2D eigenvalue weighted by Crippen LogP contribution is -2.51. The summed E-state index contributed by atoms with van der Waals surface area (Å²) in [6, 6.07) is 0.971. The summed E-state index contributed by atoms with van der Waals surface area (Å²) < 4.78 is 5.82. The van der Waals surface area contributed by atoms with Crippen LogP contribution >= 0.6 is 0 Å². The summed E-state index contributed by atoms with van der Waals surface area (Å²) in [4.78, 5) is 2.55. The zero-order chi connectivity index (χ0) is 12.7. The average Bonchev–Trinajstić information content (AvgIpc) is 2.81. The van der Waals surface area contributed by atoms with Gasteiger partial charge in [0.2, 0.25) is 0 Å². The normalized spacial score (nSPS) is 22.6. The van der Waals surface area contributed by atoms with Crippen LogP contribution in [-0.2, 0) is 4.74 Å². The van der Waals surface area contributed by atoms with Crippen molar-refractivity contribution < 1.29 is 4.74 Å². The predicted octanol–water partition coefficient (Wildman–Crippen LogP) is 2.39. The summed E-state index contributed by atoms with van der Waals surface area (Å²) in [6.45, 7) is 9.58. The van der Waals surface area contributed by atoms with Gasteiger partial charge in [-0.25, -0.2) is 0 Å². The molecule has 102 valence electrons. The minimum atomic E-state index is 0.365. The van der Waals surface area contributed by atoms with E-state index in [0.29, 0.717) is 18.2 Å². The molecule has 0 aliphatic carbocycles. The second-order valence-corrected chi connectivity index (χ2v) is 5.39. The summed E-state index contributed by atoms with van der Waals surface area (Å²) in [5, 5.41) is 0. The Morgan fingerprint density at radius 1 is 1.35 bits per heavy atom. The van der Waals surface area contributed by atoms with Gasteiger partial charge in [-0.1, -0.05) is 19.8 Å².